The molecule has 4 aromatic rings. The zero-order chi connectivity index (χ0) is 22.7. The first kappa shape index (κ1) is 21.5. The van der Waals surface area contributed by atoms with Gasteiger partial charge in [-0.25, -0.2) is 0 Å². The number of H-pyrrole nitrogens is 1. The van der Waals surface area contributed by atoms with E-state index in [9.17, 15) is 9.59 Å². The molecule has 0 fully saturated rings. The minimum absolute atomic E-state index is 0.0115. The van der Waals surface area contributed by atoms with Crippen LogP contribution < -0.4 is 11.1 Å². The number of ketones is 1. The number of aromatic nitrogens is 1. The summed E-state index contributed by atoms with van der Waals surface area (Å²) in [6.07, 6.45) is 1.79. The fourth-order valence-corrected chi connectivity index (χ4v) is 4.06. The Morgan fingerprint density at radius 2 is 1.62 bits per heavy atom. The number of nitrogens with one attached hydrogen (secondary N) is 2. The van der Waals surface area contributed by atoms with E-state index in [1.807, 2.05) is 73.7 Å². The van der Waals surface area contributed by atoms with Crippen LogP contribution in [0.25, 0.3) is 10.9 Å². The number of carbonyl (C=O) groups excluding carboxylic acids is 2. The van der Waals surface area contributed by atoms with Gasteiger partial charge >= 0.3 is 0 Å². The molecule has 1 amide bonds. The van der Waals surface area contributed by atoms with Gasteiger partial charge in [0.2, 0.25) is 5.91 Å². The van der Waals surface area contributed by atoms with Crippen molar-refractivity contribution in [3.8, 4) is 0 Å². The number of rotatable bonds is 8. The van der Waals surface area contributed by atoms with Crippen LogP contribution in [-0.2, 0) is 5.54 Å². The van der Waals surface area contributed by atoms with Crippen LogP contribution in [-0.4, -0.2) is 23.2 Å². The second kappa shape index (κ2) is 8.81. The van der Waals surface area contributed by atoms with E-state index < -0.39 is 11.4 Å². The molecule has 0 radical (unpaired) electrons. The molecule has 0 aliphatic rings. The molecule has 4 N–H and O–H groups in total. The van der Waals surface area contributed by atoms with Crippen LogP contribution in [0.2, 0.25) is 0 Å². The van der Waals surface area contributed by atoms with E-state index in [2.05, 4.69) is 17.2 Å². The van der Waals surface area contributed by atoms with Crippen molar-refractivity contribution in [3.63, 3.8) is 0 Å². The molecule has 0 saturated carbocycles. The number of para-hydroxylation sites is 1. The van der Waals surface area contributed by atoms with Crippen LogP contribution in [0.15, 0.2) is 85.1 Å². The Hall–Kier alpha value is -3.70. The first-order chi connectivity index (χ1) is 15.4. The quantitative estimate of drug-likeness (QED) is 0.356. The zero-order valence-electron chi connectivity index (χ0n) is 18.3. The fraction of sp³-hybridized carbons (Fsp3) is 0.185. The van der Waals surface area contributed by atoms with Gasteiger partial charge < -0.3 is 16.0 Å². The number of hydrogen-bond donors (Lipinski definition) is 3. The third-order valence-electron chi connectivity index (χ3n) is 6.17. The lowest BCUT2D eigenvalue weighted by atomic mass is 9.83. The topological polar surface area (TPSA) is 88.0 Å². The summed E-state index contributed by atoms with van der Waals surface area (Å²) in [7, 11) is 0. The Bertz CT molecular complexity index is 1240. The predicted molar refractivity (Wildman–Crippen MR) is 128 cm³/mol. The van der Waals surface area contributed by atoms with Gasteiger partial charge in [0.1, 0.15) is 5.54 Å². The van der Waals surface area contributed by atoms with Gasteiger partial charge in [-0.15, -0.1) is 0 Å². The van der Waals surface area contributed by atoms with Crippen molar-refractivity contribution >= 4 is 22.6 Å². The summed E-state index contributed by atoms with van der Waals surface area (Å²) in [4.78, 5) is 28.4. The summed E-state index contributed by atoms with van der Waals surface area (Å²) in [6.45, 7) is 4.61. The highest BCUT2D eigenvalue weighted by Crippen LogP contribution is 2.30. The van der Waals surface area contributed by atoms with Crippen molar-refractivity contribution < 1.29 is 9.59 Å². The Kier molecular flexibility index (Phi) is 5.93. The molecule has 0 aliphatic carbocycles. The average Bonchev–Trinajstić information content (AvgIpc) is 3.26. The van der Waals surface area contributed by atoms with Crippen LogP contribution in [0.1, 0.15) is 51.6 Å². The van der Waals surface area contributed by atoms with E-state index in [4.69, 9.17) is 5.73 Å². The maximum Gasteiger partial charge on any atom is 0.248 e. The van der Waals surface area contributed by atoms with Crippen LogP contribution in [0.5, 0.6) is 0 Å². The Balaban J connectivity index is 1.63. The molecule has 0 bridgehead atoms. The monoisotopic (exact) mass is 425 g/mol. The zero-order valence-corrected chi connectivity index (χ0v) is 18.3. The number of primary amides is 1. The first-order valence-electron chi connectivity index (χ1n) is 10.7. The molecular formula is C27H27N3O2. The van der Waals surface area contributed by atoms with E-state index in [-0.39, 0.29) is 11.7 Å². The third kappa shape index (κ3) is 4.07. The number of fused-ring (bicyclic) bond motifs is 1. The molecule has 0 spiro atoms. The van der Waals surface area contributed by atoms with Gasteiger partial charge in [-0.1, -0.05) is 67.6 Å². The summed E-state index contributed by atoms with van der Waals surface area (Å²) in [5, 5.41) is 4.46. The van der Waals surface area contributed by atoms with E-state index >= 15 is 0 Å². The summed E-state index contributed by atoms with van der Waals surface area (Å²) in [5.74, 6) is -0.309. The molecule has 2 atom stereocenters. The van der Waals surface area contributed by atoms with E-state index in [1.165, 1.54) is 0 Å². The highest BCUT2D eigenvalue weighted by atomic mass is 16.1. The summed E-state index contributed by atoms with van der Waals surface area (Å²) in [5.41, 5.74) is 8.50. The summed E-state index contributed by atoms with van der Waals surface area (Å²) >= 11 is 0. The molecular weight excluding hydrogens is 398 g/mol. The van der Waals surface area contributed by atoms with Gasteiger partial charge in [0.05, 0.1) is 0 Å². The molecule has 0 saturated heterocycles. The van der Waals surface area contributed by atoms with E-state index in [1.54, 1.807) is 18.3 Å². The Morgan fingerprint density at radius 3 is 2.31 bits per heavy atom. The van der Waals surface area contributed by atoms with Crippen molar-refractivity contribution in [1.29, 1.82) is 0 Å². The molecule has 162 valence electrons. The fourth-order valence-electron chi connectivity index (χ4n) is 4.06. The smallest absolute Gasteiger partial charge is 0.248 e. The minimum Gasteiger partial charge on any atom is -0.366 e. The summed E-state index contributed by atoms with van der Waals surface area (Å²) in [6, 6.07) is 24.9. The maximum absolute atomic E-state index is 13.9. The molecule has 5 nitrogen and oxygen atoms in total. The number of Topliss-reactive ketones (excluding diaryl/α,β-unsaturated/α-hetero) is 1. The number of benzene rings is 3. The van der Waals surface area contributed by atoms with Gasteiger partial charge in [0.15, 0.2) is 5.78 Å². The molecule has 5 heteroatoms. The van der Waals surface area contributed by atoms with Crippen molar-refractivity contribution in [2.45, 2.75) is 25.3 Å². The first-order valence-corrected chi connectivity index (χ1v) is 10.7. The van der Waals surface area contributed by atoms with Crippen LogP contribution in [0.4, 0.5) is 0 Å². The molecule has 1 unspecified atom stereocenters. The lowest BCUT2D eigenvalue weighted by molar-refractivity contribution is 0.0864. The second-order valence-corrected chi connectivity index (χ2v) is 8.34. The van der Waals surface area contributed by atoms with Gasteiger partial charge in [0, 0.05) is 34.8 Å². The van der Waals surface area contributed by atoms with Crippen LogP contribution >= 0.6 is 0 Å². The normalized spacial score (nSPS) is 14.1. The third-order valence-corrected chi connectivity index (χ3v) is 6.17. The van der Waals surface area contributed by atoms with Crippen molar-refractivity contribution in [1.82, 2.24) is 10.3 Å². The standard InChI is InChI=1S/C27H27N3O2/c1-18(19-12-14-20(15-13-19)26(28)32)16-30-27(2,21-8-4-3-5-9-21)25(31)23-17-29-24-11-7-6-10-22(23)24/h3-15,17-18,29-30H,16H2,1-2H3,(H2,28,32)/t18?,27-/m0/s1. The predicted octanol–water partition coefficient (Wildman–Crippen LogP) is 4.76. The van der Waals surface area contributed by atoms with Gasteiger partial charge in [-0.2, -0.15) is 0 Å². The molecule has 1 heterocycles. The van der Waals surface area contributed by atoms with E-state index in [0.717, 1.165) is 22.0 Å². The molecule has 1 aromatic heterocycles. The number of amides is 1. The molecule has 4 rings (SSSR count). The Morgan fingerprint density at radius 1 is 0.969 bits per heavy atom. The number of nitrogens with two attached hydrogens (primary N) is 1. The van der Waals surface area contributed by atoms with Gasteiger partial charge in [-0.05, 0) is 42.2 Å². The molecule has 0 aliphatic heterocycles. The minimum atomic E-state index is -0.909. The number of aromatic amines is 1. The average molecular weight is 426 g/mol. The van der Waals surface area contributed by atoms with Gasteiger partial charge in [0.25, 0.3) is 0 Å². The largest absolute Gasteiger partial charge is 0.366 e. The molecule has 32 heavy (non-hydrogen) atoms. The van der Waals surface area contributed by atoms with Gasteiger partial charge in [-0.3, -0.25) is 9.59 Å². The number of carbonyl (C=O) groups is 2. The van der Waals surface area contributed by atoms with Crippen LogP contribution in [0, 0.1) is 0 Å². The van der Waals surface area contributed by atoms with Crippen molar-refractivity contribution in [2.24, 2.45) is 5.73 Å². The second-order valence-electron chi connectivity index (χ2n) is 8.34. The Labute approximate surface area is 187 Å². The summed E-state index contributed by atoms with van der Waals surface area (Å²) < 4.78 is 0. The maximum atomic E-state index is 13.9. The lowest BCUT2D eigenvalue weighted by Crippen LogP contribution is -2.48. The number of hydrogen-bond acceptors (Lipinski definition) is 3. The van der Waals surface area contributed by atoms with Crippen molar-refractivity contribution in [3.05, 3.63) is 107 Å². The lowest BCUT2D eigenvalue weighted by Gasteiger charge is -2.31. The van der Waals surface area contributed by atoms with Crippen LogP contribution in [0.3, 0.4) is 0 Å². The van der Waals surface area contributed by atoms with E-state index in [0.29, 0.717) is 17.7 Å². The highest BCUT2D eigenvalue weighted by Gasteiger charge is 2.36. The highest BCUT2D eigenvalue weighted by molar-refractivity contribution is 6.12. The SMILES string of the molecule is CC(CN[C@](C)(C(=O)c1c[nH]c2ccccc12)c1ccccc1)c1ccc(C(N)=O)cc1. The van der Waals surface area contributed by atoms with Crippen molar-refractivity contribution in [2.75, 3.05) is 6.54 Å². The molecule has 3 aromatic carbocycles.